The van der Waals surface area contributed by atoms with E-state index in [1.165, 1.54) is 0 Å². The van der Waals surface area contributed by atoms with Crippen molar-refractivity contribution in [1.29, 1.82) is 0 Å². The first-order chi connectivity index (χ1) is 4.11. The first-order valence-electron chi connectivity index (χ1n) is 3.37. The second-order valence-corrected chi connectivity index (χ2v) is 3.56. The molecule has 1 rings (SSSR count). The maximum absolute atomic E-state index is 3.26. The van der Waals surface area contributed by atoms with Gasteiger partial charge in [-0.25, -0.2) is 0 Å². The number of hydrogen-bond acceptors (Lipinski definition) is 0. The molecule has 0 aromatic heterocycles. The highest BCUT2D eigenvalue weighted by Crippen LogP contribution is 2.29. The molecule has 49 valence electrons. The number of hydrogen-bond donors (Lipinski definition) is 0. The topological polar surface area (TPSA) is 0 Å². The van der Waals surface area contributed by atoms with Gasteiger partial charge in [-0.1, -0.05) is 39.0 Å². The largest absolute Gasteiger partial charge is 0.0765 e. The van der Waals surface area contributed by atoms with E-state index in [1.54, 1.807) is 0 Å². The third-order valence-corrected chi connectivity index (χ3v) is 1.61. The average molecular weight is 121 g/mol. The van der Waals surface area contributed by atoms with Crippen LogP contribution in [-0.4, -0.2) is 0 Å². The maximum atomic E-state index is 3.26. The molecule has 9 heavy (non-hydrogen) atoms. The van der Waals surface area contributed by atoms with Crippen LogP contribution in [0, 0.1) is 17.4 Å². The first kappa shape index (κ1) is 6.60. The highest BCUT2D eigenvalue weighted by Gasteiger charge is 2.20. The van der Waals surface area contributed by atoms with E-state index in [9.17, 15) is 0 Å². The van der Waals surface area contributed by atoms with Crippen molar-refractivity contribution >= 4 is 0 Å². The molecule has 0 nitrogen and oxygen atoms in total. The van der Waals surface area contributed by atoms with Gasteiger partial charge in [0.1, 0.15) is 0 Å². The second kappa shape index (κ2) is 2.02. The lowest BCUT2D eigenvalue weighted by Crippen LogP contribution is -2.14. The summed E-state index contributed by atoms with van der Waals surface area (Å²) in [6.07, 6.45) is 9.52. The van der Waals surface area contributed by atoms with Crippen molar-refractivity contribution in [3.8, 4) is 0 Å². The van der Waals surface area contributed by atoms with Gasteiger partial charge in [-0.2, -0.15) is 0 Å². The molecule has 1 atom stereocenters. The molecular formula is C9H13. The van der Waals surface area contributed by atoms with Crippen LogP contribution in [0.3, 0.4) is 0 Å². The lowest BCUT2D eigenvalue weighted by atomic mass is 9.82. The second-order valence-electron chi connectivity index (χ2n) is 3.56. The normalized spacial score (nSPS) is 19.4. The molecule has 0 saturated carbocycles. The molecule has 1 radical (unpaired) electrons. The lowest BCUT2D eigenvalue weighted by molar-refractivity contribution is 0.339. The summed E-state index contributed by atoms with van der Waals surface area (Å²) in [6.45, 7) is 6.69. The molecule has 0 bridgehead atoms. The highest BCUT2D eigenvalue weighted by atomic mass is 14.2. The van der Waals surface area contributed by atoms with Gasteiger partial charge in [-0.3, -0.25) is 0 Å². The quantitative estimate of drug-likeness (QED) is 0.462. The summed E-state index contributed by atoms with van der Waals surface area (Å²) in [6, 6.07) is 0. The zero-order valence-corrected chi connectivity index (χ0v) is 6.31. The molecule has 0 heterocycles. The summed E-state index contributed by atoms with van der Waals surface area (Å²) in [5.41, 5.74) is 0.351. The Kier molecular flexibility index (Phi) is 1.48. The fourth-order valence-corrected chi connectivity index (χ4v) is 0.920. The van der Waals surface area contributed by atoms with Crippen LogP contribution in [0.1, 0.15) is 20.8 Å². The zero-order chi connectivity index (χ0) is 6.91. The zero-order valence-electron chi connectivity index (χ0n) is 6.31. The van der Waals surface area contributed by atoms with Gasteiger partial charge in [0.15, 0.2) is 0 Å². The maximum Gasteiger partial charge on any atom is 0.00726 e. The van der Waals surface area contributed by atoms with Crippen molar-refractivity contribution in [3.05, 3.63) is 24.3 Å². The standard InChI is InChI=1S/C9H13/c1-9(2,3)8-6-4-5-7-8/h4-6,8H,1-3H3. The van der Waals surface area contributed by atoms with Crippen LogP contribution < -0.4 is 0 Å². The summed E-state index contributed by atoms with van der Waals surface area (Å²) in [5.74, 6) is 0.525. The summed E-state index contributed by atoms with van der Waals surface area (Å²) >= 11 is 0. The van der Waals surface area contributed by atoms with Crippen molar-refractivity contribution in [3.63, 3.8) is 0 Å². The molecule has 0 saturated heterocycles. The molecule has 0 N–H and O–H groups in total. The summed E-state index contributed by atoms with van der Waals surface area (Å²) in [5, 5.41) is 0. The molecule has 0 aliphatic heterocycles. The van der Waals surface area contributed by atoms with E-state index in [2.05, 4.69) is 39.0 Å². The predicted molar refractivity (Wildman–Crippen MR) is 39.9 cm³/mol. The van der Waals surface area contributed by atoms with Crippen LogP contribution in [-0.2, 0) is 0 Å². The van der Waals surface area contributed by atoms with Crippen molar-refractivity contribution in [2.45, 2.75) is 20.8 Å². The minimum atomic E-state index is 0.351. The molecule has 0 heteroatoms. The molecule has 1 aliphatic carbocycles. The van der Waals surface area contributed by atoms with E-state index in [0.717, 1.165) is 0 Å². The Morgan fingerprint density at radius 1 is 1.33 bits per heavy atom. The van der Waals surface area contributed by atoms with Gasteiger partial charge in [-0.15, -0.1) is 0 Å². The van der Waals surface area contributed by atoms with Crippen LogP contribution in [0.5, 0.6) is 0 Å². The van der Waals surface area contributed by atoms with E-state index in [4.69, 9.17) is 0 Å². The van der Waals surface area contributed by atoms with Crippen molar-refractivity contribution in [2.75, 3.05) is 0 Å². The van der Waals surface area contributed by atoms with Crippen LogP contribution >= 0.6 is 0 Å². The van der Waals surface area contributed by atoms with Crippen LogP contribution in [0.25, 0.3) is 0 Å². The summed E-state index contributed by atoms with van der Waals surface area (Å²) in [7, 11) is 0. The average Bonchev–Trinajstić information content (AvgIpc) is 2.08. The van der Waals surface area contributed by atoms with E-state index >= 15 is 0 Å². The highest BCUT2D eigenvalue weighted by molar-refractivity contribution is 5.15. The molecule has 0 aromatic carbocycles. The van der Waals surface area contributed by atoms with Crippen molar-refractivity contribution in [1.82, 2.24) is 0 Å². The molecule has 0 fully saturated rings. The summed E-state index contributed by atoms with van der Waals surface area (Å²) < 4.78 is 0. The molecule has 0 spiro atoms. The molecular weight excluding hydrogens is 108 g/mol. The monoisotopic (exact) mass is 121 g/mol. The fourth-order valence-electron chi connectivity index (χ4n) is 0.920. The van der Waals surface area contributed by atoms with E-state index < -0.39 is 0 Å². The minimum Gasteiger partial charge on any atom is -0.0765 e. The predicted octanol–water partition coefficient (Wildman–Crippen LogP) is 2.58. The number of rotatable bonds is 0. The van der Waals surface area contributed by atoms with Gasteiger partial charge >= 0.3 is 0 Å². The van der Waals surface area contributed by atoms with E-state index in [-0.39, 0.29) is 0 Å². The van der Waals surface area contributed by atoms with Crippen LogP contribution in [0.4, 0.5) is 0 Å². The third-order valence-electron chi connectivity index (χ3n) is 1.61. The van der Waals surface area contributed by atoms with E-state index in [0.29, 0.717) is 11.3 Å². The van der Waals surface area contributed by atoms with E-state index in [1.807, 2.05) is 6.08 Å². The van der Waals surface area contributed by atoms with Gasteiger partial charge in [0.2, 0.25) is 0 Å². The Morgan fingerprint density at radius 3 is 2.22 bits per heavy atom. The van der Waals surface area contributed by atoms with Gasteiger partial charge in [0.05, 0.1) is 0 Å². The number of allylic oxidation sites excluding steroid dienone is 4. The SMILES string of the molecule is CC(C)(C)C1[C]=CC=C1. The molecule has 0 aromatic rings. The Labute approximate surface area is 57.3 Å². The Bertz CT molecular complexity index is 132. The Balaban J connectivity index is 2.64. The molecule has 1 unspecified atom stereocenters. The van der Waals surface area contributed by atoms with Gasteiger partial charge in [0, 0.05) is 5.92 Å². The fraction of sp³-hybridized carbons (Fsp3) is 0.556. The molecule has 1 aliphatic rings. The minimum absolute atomic E-state index is 0.351. The Hall–Kier alpha value is -0.520. The molecule has 0 amide bonds. The van der Waals surface area contributed by atoms with Crippen molar-refractivity contribution in [2.24, 2.45) is 11.3 Å². The lowest BCUT2D eigenvalue weighted by Gasteiger charge is -2.22. The Morgan fingerprint density at radius 2 is 2.00 bits per heavy atom. The first-order valence-corrected chi connectivity index (χ1v) is 3.37. The van der Waals surface area contributed by atoms with Gasteiger partial charge in [0.25, 0.3) is 0 Å². The van der Waals surface area contributed by atoms with Gasteiger partial charge < -0.3 is 0 Å². The third kappa shape index (κ3) is 1.44. The summed E-state index contributed by atoms with van der Waals surface area (Å²) in [4.78, 5) is 0. The van der Waals surface area contributed by atoms with Crippen LogP contribution in [0.2, 0.25) is 0 Å². The van der Waals surface area contributed by atoms with Gasteiger partial charge in [-0.05, 0) is 11.5 Å². The van der Waals surface area contributed by atoms with Crippen molar-refractivity contribution < 1.29 is 0 Å². The van der Waals surface area contributed by atoms with Crippen LogP contribution in [0.15, 0.2) is 18.2 Å². The smallest absolute Gasteiger partial charge is 0.00726 e.